The fraction of sp³-hybridized carbons (Fsp3) is 0.333. The Hall–Kier alpha value is -3.92. The molecule has 0 aliphatic heterocycles. The second kappa shape index (κ2) is 12.9. The van der Waals surface area contributed by atoms with Crippen molar-refractivity contribution in [3.05, 3.63) is 65.7 Å². The minimum atomic E-state index is -0.938. The molecule has 0 bridgehead atoms. The summed E-state index contributed by atoms with van der Waals surface area (Å²) in [6.45, 7) is 1.08. The molecule has 0 heterocycles. The van der Waals surface area contributed by atoms with Gasteiger partial charge in [-0.2, -0.15) is 0 Å². The number of aromatic hydroxyl groups is 1. The molecule has 0 unspecified atom stereocenters. The van der Waals surface area contributed by atoms with Crippen LogP contribution in [0.3, 0.4) is 0 Å². The van der Waals surface area contributed by atoms with Crippen LogP contribution in [0.2, 0.25) is 0 Å². The van der Waals surface area contributed by atoms with Crippen LogP contribution in [0.1, 0.15) is 18.1 Å². The number of phenolic OH excluding ortho intramolecular Hbond substituents is 1. The summed E-state index contributed by atoms with van der Waals surface area (Å²) < 4.78 is 4.75. The van der Waals surface area contributed by atoms with Crippen molar-refractivity contribution in [2.24, 2.45) is 5.73 Å². The number of amides is 3. The molecule has 3 amide bonds. The van der Waals surface area contributed by atoms with E-state index >= 15 is 0 Å². The summed E-state index contributed by atoms with van der Waals surface area (Å²) in [6, 6.07) is 12.6. The highest BCUT2D eigenvalue weighted by Crippen LogP contribution is 2.11. The van der Waals surface area contributed by atoms with Crippen LogP contribution in [0.15, 0.2) is 54.6 Å². The second-order valence-electron chi connectivity index (χ2n) is 7.76. The summed E-state index contributed by atoms with van der Waals surface area (Å²) in [5, 5.41) is 16.8. The number of hydrogen-bond donors (Lipinski definition) is 5. The van der Waals surface area contributed by atoms with Crippen molar-refractivity contribution in [3.8, 4) is 5.75 Å². The maximum atomic E-state index is 12.3. The first-order chi connectivity index (χ1) is 16.2. The third-order valence-corrected chi connectivity index (χ3v) is 5.01. The van der Waals surface area contributed by atoms with Gasteiger partial charge in [0.1, 0.15) is 17.8 Å². The van der Waals surface area contributed by atoms with Gasteiger partial charge >= 0.3 is 5.97 Å². The van der Waals surface area contributed by atoms with Crippen LogP contribution in [-0.2, 0) is 36.8 Å². The van der Waals surface area contributed by atoms with E-state index in [2.05, 4.69) is 16.0 Å². The molecule has 34 heavy (non-hydrogen) atoms. The smallest absolute Gasteiger partial charge is 0.328 e. The van der Waals surface area contributed by atoms with Crippen LogP contribution in [-0.4, -0.2) is 60.6 Å². The molecule has 0 aromatic heterocycles. The normalized spacial score (nSPS) is 13.1. The molecule has 10 nitrogen and oxygen atoms in total. The molecule has 6 N–H and O–H groups in total. The molecule has 0 saturated heterocycles. The Balaban J connectivity index is 1.81. The van der Waals surface area contributed by atoms with E-state index in [-0.39, 0.29) is 25.1 Å². The fourth-order valence-corrected chi connectivity index (χ4v) is 3.12. The lowest BCUT2D eigenvalue weighted by Gasteiger charge is -2.19. The molecule has 3 atom stereocenters. The Kier molecular flexibility index (Phi) is 10.0. The average Bonchev–Trinajstić information content (AvgIpc) is 2.83. The first kappa shape index (κ1) is 26.3. The van der Waals surface area contributed by atoms with E-state index in [9.17, 15) is 24.3 Å². The Bertz CT molecular complexity index is 981. The van der Waals surface area contributed by atoms with Crippen LogP contribution in [0.25, 0.3) is 0 Å². The number of methoxy groups -OCH3 is 1. The molecular formula is C24H30N4O6. The molecule has 0 radical (unpaired) electrons. The molecule has 0 aliphatic rings. The molecule has 10 heteroatoms. The zero-order valence-corrected chi connectivity index (χ0v) is 19.1. The zero-order valence-electron chi connectivity index (χ0n) is 19.1. The third kappa shape index (κ3) is 8.55. The monoisotopic (exact) mass is 470 g/mol. The highest BCUT2D eigenvalue weighted by Gasteiger charge is 2.24. The van der Waals surface area contributed by atoms with E-state index in [1.54, 1.807) is 12.1 Å². The van der Waals surface area contributed by atoms with E-state index in [1.807, 2.05) is 30.3 Å². The average molecular weight is 471 g/mol. The van der Waals surface area contributed by atoms with Gasteiger partial charge in [0, 0.05) is 6.42 Å². The van der Waals surface area contributed by atoms with E-state index in [4.69, 9.17) is 10.5 Å². The van der Waals surface area contributed by atoms with Gasteiger partial charge in [0.25, 0.3) is 0 Å². The largest absolute Gasteiger partial charge is 0.508 e. The molecule has 0 saturated carbocycles. The second-order valence-corrected chi connectivity index (χ2v) is 7.76. The fourth-order valence-electron chi connectivity index (χ4n) is 3.12. The van der Waals surface area contributed by atoms with Gasteiger partial charge in [-0.1, -0.05) is 42.5 Å². The highest BCUT2D eigenvalue weighted by molar-refractivity contribution is 5.92. The molecule has 0 aliphatic carbocycles. The third-order valence-electron chi connectivity index (χ3n) is 5.01. The van der Waals surface area contributed by atoms with Crippen molar-refractivity contribution in [2.45, 2.75) is 37.9 Å². The molecule has 0 fully saturated rings. The van der Waals surface area contributed by atoms with E-state index in [0.29, 0.717) is 0 Å². The standard InChI is InChI=1S/C24H30N4O6/c1-15(27-23(32)19(25)12-17-8-10-18(29)11-9-17)22(31)26-14-21(30)28-20(24(33)34-2)13-16-6-4-3-5-7-16/h3-11,15,19-20,29H,12-14,25H2,1-2H3,(H,26,31)(H,27,32)(H,28,30)/t15-,19+,20-/m0/s1. The number of ether oxygens (including phenoxy) is 1. The molecule has 2 aromatic carbocycles. The summed E-state index contributed by atoms with van der Waals surface area (Å²) >= 11 is 0. The Labute approximate surface area is 197 Å². The molecular weight excluding hydrogens is 440 g/mol. The van der Waals surface area contributed by atoms with E-state index in [1.165, 1.54) is 26.2 Å². The van der Waals surface area contributed by atoms with E-state index < -0.39 is 41.8 Å². The number of nitrogens with one attached hydrogen (secondary N) is 3. The topological polar surface area (TPSA) is 160 Å². The quantitative estimate of drug-likeness (QED) is 0.284. The maximum Gasteiger partial charge on any atom is 0.328 e. The van der Waals surface area contributed by atoms with Gasteiger partial charge in [-0.3, -0.25) is 14.4 Å². The van der Waals surface area contributed by atoms with Crippen molar-refractivity contribution in [1.82, 2.24) is 16.0 Å². The number of esters is 1. The van der Waals surface area contributed by atoms with Crippen LogP contribution < -0.4 is 21.7 Å². The van der Waals surface area contributed by atoms with Gasteiger partial charge < -0.3 is 31.5 Å². The number of phenols is 1. The van der Waals surface area contributed by atoms with Crippen LogP contribution in [0.4, 0.5) is 0 Å². The van der Waals surface area contributed by atoms with Gasteiger partial charge in [0.05, 0.1) is 19.7 Å². The zero-order chi connectivity index (χ0) is 25.1. The minimum absolute atomic E-state index is 0.106. The molecule has 2 aromatic rings. The summed E-state index contributed by atoms with van der Waals surface area (Å²) in [7, 11) is 1.23. The van der Waals surface area contributed by atoms with Gasteiger partial charge in [-0.15, -0.1) is 0 Å². The van der Waals surface area contributed by atoms with Gasteiger partial charge in [0.2, 0.25) is 17.7 Å². The molecule has 0 spiro atoms. The van der Waals surface area contributed by atoms with Gasteiger partial charge in [0.15, 0.2) is 0 Å². The molecule has 182 valence electrons. The minimum Gasteiger partial charge on any atom is -0.508 e. The van der Waals surface area contributed by atoms with Crippen LogP contribution in [0.5, 0.6) is 5.75 Å². The maximum absolute atomic E-state index is 12.3. The lowest BCUT2D eigenvalue weighted by Crippen LogP contribution is -2.53. The SMILES string of the molecule is COC(=O)[C@H](Cc1ccccc1)NC(=O)CNC(=O)[C@H](C)NC(=O)[C@H](N)Cc1ccc(O)cc1. The van der Waals surface area contributed by atoms with E-state index in [0.717, 1.165) is 11.1 Å². The Morgan fingerprint density at radius 2 is 1.53 bits per heavy atom. The summed E-state index contributed by atoms with van der Waals surface area (Å²) in [5.74, 6) is -2.20. The van der Waals surface area contributed by atoms with Crippen molar-refractivity contribution in [1.29, 1.82) is 0 Å². The Morgan fingerprint density at radius 1 is 0.912 bits per heavy atom. The summed E-state index contributed by atoms with van der Waals surface area (Å²) in [4.78, 5) is 48.9. The van der Waals surface area contributed by atoms with Gasteiger partial charge in [-0.05, 0) is 36.6 Å². The number of carbonyl (C=O) groups is 4. The van der Waals surface area contributed by atoms with Crippen molar-refractivity contribution in [2.75, 3.05) is 13.7 Å². The van der Waals surface area contributed by atoms with Crippen molar-refractivity contribution in [3.63, 3.8) is 0 Å². The lowest BCUT2D eigenvalue weighted by atomic mass is 10.1. The number of rotatable bonds is 11. The van der Waals surface area contributed by atoms with Crippen molar-refractivity contribution >= 4 is 23.7 Å². The summed E-state index contributed by atoms with van der Waals surface area (Å²) in [6.07, 6.45) is 0.456. The Morgan fingerprint density at radius 3 is 2.15 bits per heavy atom. The predicted octanol–water partition coefficient (Wildman–Crippen LogP) is -0.217. The van der Waals surface area contributed by atoms with Crippen LogP contribution in [0, 0.1) is 0 Å². The first-order valence-electron chi connectivity index (χ1n) is 10.7. The number of nitrogens with two attached hydrogens (primary N) is 1. The number of benzene rings is 2. The summed E-state index contributed by atoms with van der Waals surface area (Å²) in [5.41, 5.74) is 7.49. The predicted molar refractivity (Wildman–Crippen MR) is 124 cm³/mol. The number of carbonyl (C=O) groups excluding carboxylic acids is 4. The van der Waals surface area contributed by atoms with Crippen molar-refractivity contribution < 1.29 is 29.0 Å². The lowest BCUT2D eigenvalue weighted by molar-refractivity contribution is -0.145. The van der Waals surface area contributed by atoms with Crippen LogP contribution >= 0.6 is 0 Å². The number of hydrogen-bond acceptors (Lipinski definition) is 7. The molecule has 2 rings (SSSR count). The highest BCUT2D eigenvalue weighted by atomic mass is 16.5. The van der Waals surface area contributed by atoms with Gasteiger partial charge in [-0.25, -0.2) is 4.79 Å². The first-order valence-corrected chi connectivity index (χ1v) is 10.7.